The van der Waals surface area contributed by atoms with Gasteiger partial charge in [0.1, 0.15) is 0 Å². The number of carbonyl (C=O) groups excluding carboxylic acids is 3. The highest BCUT2D eigenvalue weighted by Gasteiger charge is 2.16. The zero-order valence-corrected chi connectivity index (χ0v) is 15.5. The summed E-state index contributed by atoms with van der Waals surface area (Å²) in [5.41, 5.74) is 1.46. The third-order valence-electron chi connectivity index (χ3n) is 3.88. The van der Waals surface area contributed by atoms with Crippen LogP contribution in [0.15, 0.2) is 78.9 Å². The first-order valence-electron chi connectivity index (χ1n) is 8.46. The molecule has 0 aliphatic rings. The van der Waals surface area contributed by atoms with Crippen LogP contribution in [-0.4, -0.2) is 24.3 Å². The normalized spacial score (nSPS) is 10.2. The molecule has 0 aromatic heterocycles. The molecule has 5 nitrogen and oxygen atoms in total. The number of benzene rings is 3. The van der Waals surface area contributed by atoms with Crippen molar-refractivity contribution in [1.29, 1.82) is 0 Å². The van der Waals surface area contributed by atoms with Crippen LogP contribution in [-0.2, 0) is 9.53 Å². The maximum Gasteiger partial charge on any atom is 0.338 e. The fraction of sp³-hybridized carbons (Fsp3) is 0.0455. The van der Waals surface area contributed by atoms with E-state index in [4.69, 9.17) is 16.3 Å². The van der Waals surface area contributed by atoms with Crippen LogP contribution >= 0.6 is 11.6 Å². The van der Waals surface area contributed by atoms with Gasteiger partial charge in [0.15, 0.2) is 12.4 Å². The van der Waals surface area contributed by atoms with Gasteiger partial charge in [-0.2, -0.15) is 0 Å². The number of hydrogen-bond donors (Lipinski definition) is 1. The van der Waals surface area contributed by atoms with Crippen molar-refractivity contribution in [3.05, 3.63) is 101 Å². The lowest BCUT2D eigenvalue weighted by atomic mass is 10.0. The van der Waals surface area contributed by atoms with Crippen LogP contribution in [0, 0.1) is 0 Å². The van der Waals surface area contributed by atoms with Crippen LogP contribution in [0.4, 0.5) is 5.69 Å². The molecule has 0 saturated carbocycles. The molecule has 0 aliphatic heterocycles. The molecule has 1 amide bonds. The summed E-state index contributed by atoms with van der Waals surface area (Å²) < 4.78 is 5.01. The SMILES string of the molecule is O=C(COC(=O)c1cccc(Cl)c1)Nc1ccccc1C(=O)c1ccccc1. The van der Waals surface area contributed by atoms with E-state index in [1.807, 2.05) is 6.07 Å². The standard InChI is InChI=1S/C22H16ClNO4/c23-17-10-6-9-16(13-17)22(27)28-14-20(25)24-19-12-5-4-11-18(19)21(26)15-7-2-1-3-8-15/h1-13H,14H2,(H,24,25). The van der Waals surface area contributed by atoms with Crippen LogP contribution in [0.3, 0.4) is 0 Å². The molecular formula is C22H16ClNO4. The molecule has 1 N–H and O–H groups in total. The highest BCUT2D eigenvalue weighted by atomic mass is 35.5. The van der Waals surface area contributed by atoms with E-state index in [-0.39, 0.29) is 11.3 Å². The molecule has 0 radical (unpaired) electrons. The summed E-state index contributed by atoms with van der Waals surface area (Å²) in [6.07, 6.45) is 0. The fourth-order valence-corrected chi connectivity index (χ4v) is 2.74. The number of hydrogen-bond acceptors (Lipinski definition) is 4. The van der Waals surface area contributed by atoms with Gasteiger partial charge < -0.3 is 10.1 Å². The second-order valence-corrected chi connectivity index (χ2v) is 6.31. The lowest BCUT2D eigenvalue weighted by Gasteiger charge is -2.11. The van der Waals surface area contributed by atoms with E-state index in [0.29, 0.717) is 21.8 Å². The maximum atomic E-state index is 12.7. The zero-order chi connectivity index (χ0) is 19.9. The second kappa shape index (κ2) is 8.97. The van der Waals surface area contributed by atoms with Crippen LogP contribution in [0.2, 0.25) is 5.02 Å². The summed E-state index contributed by atoms with van der Waals surface area (Å²) in [7, 11) is 0. The highest BCUT2D eigenvalue weighted by molar-refractivity contribution is 6.30. The van der Waals surface area contributed by atoms with Crippen molar-refractivity contribution in [3.8, 4) is 0 Å². The largest absolute Gasteiger partial charge is 0.452 e. The van der Waals surface area contributed by atoms with Crippen molar-refractivity contribution < 1.29 is 19.1 Å². The smallest absolute Gasteiger partial charge is 0.338 e. The summed E-state index contributed by atoms with van der Waals surface area (Å²) in [6.45, 7) is -0.487. The summed E-state index contributed by atoms with van der Waals surface area (Å²) in [4.78, 5) is 36.9. The van der Waals surface area contributed by atoms with Crippen molar-refractivity contribution in [2.24, 2.45) is 0 Å². The monoisotopic (exact) mass is 393 g/mol. The van der Waals surface area contributed by atoms with Crippen molar-refractivity contribution >= 4 is 34.9 Å². The third-order valence-corrected chi connectivity index (χ3v) is 4.11. The molecule has 0 atom stereocenters. The summed E-state index contributed by atoms with van der Waals surface area (Å²) in [6, 6.07) is 21.7. The van der Waals surface area contributed by atoms with E-state index in [1.54, 1.807) is 66.7 Å². The molecule has 0 heterocycles. The predicted octanol–water partition coefficient (Wildman–Crippen LogP) is 4.37. The number of amides is 1. The van der Waals surface area contributed by atoms with Gasteiger partial charge in [-0.25, -0.2) is 4.79 Å². The Bertz CT molecular complexity index is 1020. The molecule has 3 rings (SSSR count). The molecule has 3 aromatic carbocycles. The molecule has 140 valence electrons. The molecule has 0 fully saturated rings. The number of halogens is 1. The van der Waals surface area contributed by atoms with Crippen molar-refractivity contribution in [2.45, 2.75) is 0 Å². The Balaban J connectivity index is 1.66. The number of para-hydroxylation sites is 1. The van der Waals surface area contributed by atoms with Crippen LogP contribution in [0.1, 0.15) is 26.3 Å². The van der Waals surface area contributed by atoms with E-state index in [1.165, 1.54) is 6.07 Å². The number of esters is 1. The van der Waals surface area contributed by atoms with Crippen molar-refractivity contribution in [1.82, 2.24) is 0 Å². The van der Waals surface area contributed by atoms with E-state index < -0.39 is 18.5 Å². The van der Waals surface area contributed by atoms with Gasteiger partial charge in [0.25, 0.3) is 5.91 Å². The summed E-state index contributed by atoms with van der Waals surface area (Å²) >= 11 is 5.84. The Morgan fingerprint density at radius 1 is 0.821 bits per heavy atom. The van der Waals surface area contributed by atoms with Gasteiger partial charge in [-0.05, 0) is 30.3 Å². The number of ether oxygens (including phenoxy) is 1. The first-order chi connectivity index (χ1) is 13.5. The Kier molecular flexibility index (Phi) is 6.19. The molecule has 6 heteroatoms. The molecule has 28 heavy (non-hydrogen) atoms. The Morgan fingerprint density at radius 3 is 2.25 bits per heavy atom. The van der Waals surface area contributed by atoms with Crippen LogP contribution in [0.5, 0.6) is 0 Å². The zero-order valence-electron chi connectivity index (χ0n) is 14.7. The number of nitrogens with one attached hydrogen (secondary N) is 1. The maximum absolute atomic E-state index is 12.7. The second-order valence-electron chi connectivity index (χ2n) is 5.88. The Morgan fingerprint density at radius 2 is 1.50 bits per heavy atom. The first-order valence-corrected chi connectivity index (χ1v) is 8.84. The number of ketones is 1. The fourth-order valence-electron chi connectivity index (χ4n) is 2.55. The van der Waals surface area contributed by atoms with Gasteiger partial charge in [0, 0.05) is 16.1 Å². The minimum absolute atomic E-state index is 0.215. The van der Waals surface area contributed by atoms with Gasteiger partial charge in [-0.1, -0.05) is 60.1 Å². The van der Waals surface area contributed by atoms with E-state index in [0.717, 1.165) is 0 Å². The molecule has 0 aliphatic carbocycles. The lowest BCUT2D eigenvalue weighted by molar-refractivity contribution is -0.119. The van der Waals surface area contributed by atoms with Gasteiger partial charge in [0.2, 0.25) is 0 Å². The first kappa shape index (κ1) is 19.3. The molecular weight excluding hydrogens is 378 g/mol. The van der Waals surface area contributed by atoms with Gasteiger partial charge >= 0.3 is 5.97 Å². The van der Waals surface area contributed by atoms with E-state index in [9.17, 15) is 14.4 Å². The van der Waals surface area contributed by atoms with Crippen molar-refractivity contribution in [3.63, 3.8) is 0 Å². The van der Waals surface area contributed by atoms with Crippen LogP contribution in [0.25, 0.3) is 0 Å². The molecule has 0 bridgehead atoms. The van der Waals surface area contributed by atoms with Gasteiger partial charge in [-0.3, -0.25) is 9.59 Å². The lowest BCUT2D eigenvalue weighted by Crippen LogP contribution is -2.22. The molecule has 3 aromatic rings. The minimum Gasteiger partial charge on any atom is -0.452 e. The Hall–Kier alpha value is -3.44. The molecule has 0 spiro atoms. The van der Waals surface area contributed by atoms with E-state index in [2.05, 4.69) is 5.32 Å². The predicted molar refractivity (Wildman–Crippen MR) is 107 cm³/mol. The van der Waals surface area contributed by atoms with Crippen molar-refractivity contribution in [2.75, 3.05) is 11.9 Å². The summed E-state index contributed by atoms with van der Waals surface area (Å²) in [5.74, 6) is -1.43. The molecule has 0 unspecified atom stereocenters. The number of carbonyl (C=O) groups is 3. The van der Waals surface area contributed by atoms with Gasteiger partial charge in [-0.15, -0.1) is 0 Å². The summed E-state index contributed by atoms with van der Waals surface area (Å²) in [5, 5.41) is 3.01. The van der Waals surface area contributed by atoms with Gasteiger partial charge in [0.05, 0.1) is 11.3 Å². The quantitative estimate of drug-likeness (QED) is 0.498. The average Bonchev–Trinajstić information content (AvgIpc) is 2.72. The number of rotatable bonds is 6. The third kappa shape index (κ3) is 4.84. The molecule has 0 saturated heterocycles. The van der Waals surface area contributed by atoms with Crippen LogP contribution < -0.4 is 5.32 Å². The minimum atomic E-state index is -0.661. The Labute approximate surface area is 166 Å². The number of anilines is 1. The van der Waals surface area contributed by atoms with E-state index >= 15 is 0 Å². The average molecular weight is 394 g/mol. The highest BCUT2D eigenvalue weighted by Crippen LogP contribution is 2.19. The topological polar surface area (TPSA) is 72.5 Å².